The van der Waals surface area contributed by atoms with Gasteiger partial charge in [-0.15, -0.1) is 22.7 Å². The van der Waals surface area contributed by atoms with E-state index in [2.05, 4.69) is 197 Å². The maximum Gasteiger partial charge on any atom is 0.137 e. The van der Waals surface area contributed by atoms with Crippen LogP contribution in [0.3, 0.4) is 0 Å². The van der Waals surface area contributed by atoms with Gasteiger partial charge >= 0.3 is 0 Å². The molecule has 10 aromatic rings. The van der Waals surface area contributed by atoms with Crippen LogP contribution in [-0.4, -0.2) is 16.2 Å². The van der Waals surface area contributed by atoms with Gasteiger partial charge in [0.1, 0.15) is 29.0 Å². The van der Waals surface area contributed by atoms with Crippen LogP contribution in [-0.2, 0) is 10.8 Å². The molecule has 1 aliphatic heterocycles. The van der Waals surface area contributed by atoms with Gasteiger partial charge < -0.3 is 14.5 Å². The fourth-order valence-electron chi connectivity index (χ4n) is 9.39. The normalized spacial score (nSPS) is 13.4. The van der Waals surface area contributed by atoms with Crippen molar-refractivity contribution < 1.29 is 4.74 Å². The quantitative estimate of drug-likeness (QED) is 0.173. The molecule has 302 valence electrons. The average molecular weight is 833 g/mol. The molecule has 0 radical (unpaired) electrons. The zero-order valence-corrected chi connectivity index (χ0v) is 37.6. The summed E-state index contributed by atoms with van der Waals surface area (Å²) < 4.78 is 13.1. The number of ether oxygens (including phenoxy) is 1. The van der Waals surface area contributed by atoms with E-state index in [0.717, 1.165) is 28.5 Å². The molecule has 0 aliphatic carbocycles. The van der Waals surface area contributed by atoms with Crippen molar-refractivity contribution in [3.63, 3.8) is 0 Å². The summed E-state index contributed by atoms with van der Waals surface area (Å²) in [6, 6.07) is 46.4. The maximum atomic E-state index is 6.87. The Labute approximate surface area is 365 Å². The van der Waals surface area contributed by atoms with Crippen LogP contribution >= 0.6 is 22.7 Å². The SMILES string of the molecule is Cc1cc(C(C)(C)C)cc(C)c1N1CN(c2cccc(Oc3ccc4c5ccc6sc7ccccc7c6c5n(-c5cc(C(C)(C)C)ccn5)c4c3)c2)c2sc3ccccc3c21. The van der Waals surface area contributed by atoms with Gasteiger partial charge in [-0.1, -0.05) is 102 Å². The molecule has 0 saturated carbocycles. The predicted molar refractivity (Wildman–Crippen MR) is 262 cm³/mol. The molecule has 5 heterocycles. The number of benzene rings is 6. The minimum Gasteiger partial charge on any atom is -0.457 e. The Morgan fingerprint density at radius 2 is 1.25 bits per heavy atom. The van der Waals surface area contributed by atoms with Gasteiger partial charge in [0.2, 0.25) is 0 Å². The maximum absolute atomic E-state index is 6.87. The van der Waals surface area contributed by atoms with Gasteiger partial charge in [0.25, 0.3) is 0 Å². The van der Waals surface area contributed by atoms with Gasteiger partial charge in [0, 0.05) is 70.7 Å². The number of hydrogen-bond donors (Lipinski definition) is 0. The molecule has 4 aromatic heterocycles. The minimum absolute atomic E-state index is 0.0301. The lowest BCUT2D eigenvalue weighted by Gasteiger charge is -2.28. The zero-order valence-electron chi connectivity index (χ0n) is 35.9. The van der Waals surface area contributed by atoms with Gasteiger partial charge in [-0.3, -0.25) is 4.57 Å². The van der Waals surface area contributed by atoms with Crippen molar-refractivity contribution in [1.82, 2.24) is 9.55 Å². The van der Waals surface area contributed by atoms with Gasteiger partial charge in [0.05, 0.1) is 16.7 Å². The highest BCUT2D eigenvalue weighted by molar-refractivity contribution is 7.26. The number of aromatic nitrogens is 2. The second kappa shape index (κ2) is 13.7. The molecule has 5 nitrogen and oxygen atoms in total. The largest absolute Gasteiger partial charge is 0.457 e. The molecular formula is C54H48N4OS2. The van der Waals surface area contributed by atoms with Gasteiger partial charge in [-0.05, 0) is 102 Å². The summed E-state index contributed by atoms with van der Waals surface area (Å²) in [5, 5.41) is 7.45. The third kappa shape index (κ3) is 6.12. The molecule has 0 fully saturated rings. The molecule has 0 N–H and O–H groups in total. The first-order chi connectivity index (χ1) is 29.3. The van der Waals surface area contributed by atoms with Gasteiger partial charge in [-0.25, -0.2) is 4.98 Å². The number of hydrogen-bond acceptors (Lipinski definition) is 6. The van der Waals surface area contributed by atoms with E-state index in [1.807, 2.05) is 28.9 Å². The Kier molecular flexibility index (Phi) is 8.48. The summed E-state index contributed by atoms with van der Waals surface area (Å²) >= 11 is 3.71. The van der Waals surface area contributed by atoms with E-state index in [1.54, 1.807) is 0 Å². The number of pyridine rings is 1. The first-order valence-corrected chi connectivity index (χ1v) is 22.8. The Balaban J connectivity index is 1.02. The lowest BCUT2D eigenvalue weighted by atomic mass is 9.84. The van der Waals surface area contributed by atoms with Crippen LogP contribution in [0.5, 0.6) is 11.5 Å². The topological polar surface area (TPSA) is 33.5 Å². The molecule has 7 heteroatoms. The monoisotopic (exact) mass is 832 g/mol. The first kappa shape index (κ1) is 37.8. The fraction of sp³-hybridized carbons (Fsp3) is 0.204. The van der Waals surface area contributed by atoms with E-state index in [4.69, 9.17) is 9.72 Å². The number of aryl methyl sites for hydroxylation is 2. The van der Waals surface area contributed by atoms with Crippen molar-refractivity contribution in [2.24, 2.45) is 0 Å². The molecule has 0 bridgehead atoms. The molecule has 6 aromatic carbocycles. The third-order valence-electron chi connectivity index (χ3n) is 12.4. The number of thiophene rings is 2. The Morgan fingerprint density at radius 3 is 2.00 bits per heavy atom. The van der Waals surface area contributed by atoms with Crippen LogP contribution in [0.4, 0.5) is 22.1 Å². The second-order valence-corrected chi connectivity index (χ2v) is 20.8. The van der Waals surface area contributed by atoms with Crippen molar-refractivity contribution in [1.29, 1.82) is 0 Å². The summed E-state index contributed by atoms with van der Waals surface area (Å²) in [5.41, 5.74) is 11.2. The highest BCUT2D eigenvalue weighted by Gasteiger charge is 2.34. The molecule has 0 spiro atoms. The summed E-state index contributed by atoms with van der Waals surface area (Å²) in [4.78, 5) is 10.0. The van der Waals surface area contributed by atoms with Crippen LogP contribution in [0.25, 0.3) is 57.9 Å². The fourth-order valence-corrected chi connectivity index (χ4v) is 11.7. The van der Waals surface area contributed by atoms with Crippen molar-refractivity contribution in [2.75, 3.05) is 16.5 Å². The molecule has 11 rings (SSSR count). The van der Waals surface area contributed by atoms with Crippen molar-refractivity contribution in [2.45, 2.75) is 66.2 Å². The predicted octanol–water partition coefficient (Wildman–Crippen LogP) is 16.0. The number of fused-ring (bicyclic) bond motifs is 10. The molecule has 0 atom stereocenters. The standard InChI is InChI=1S/C54H48N4OS2/c1-32-26-35(54(6,7)8)27-33(2)49(32)57-31-56(52-51(57)42-17-10-12-19-45(42)61-52)36-14-13-15-37(29-36)59-38-20-21-39-40-22-23-46-48(41-16-9-11-18-44(41)60-46)50(40)58(43(39)30-38)47-28-34(24-25-55-47)53(3,4)5/h9-30H,31H2,1-8H3. The number of rotatable bonds is 5. The molecular weight excluding hydrogens is 785 g/mol. The lowest BCUT2D eigenvalue weighted by Crippen LogP contribution is -2.25. The highest BCUT2D eigenvalue weighted by atomic mass is 32.1. The molecule has 1 aliphatic rings. The van der Waals surface area contributed by atoms with E-state index in [1.165, 1.54) is 85.2 Å². The summed E-state index contributed by atoms with van der Waals surface area (Å²) in [5.74, 6) is 2.48. The molecule has 0 saturated heterocycles. The lowest BCUT2D eigenvalue weighted by molar-refractivity contribution is 0.483. The zero-order chi connectivity index (χ0) is 41.9. The smallest absolute Gasteiger partial charge is 0.137 e. The van der Waals surface area contributed by atoms with Crippen molar-refractivity contribution in [3.05, 3.63) is 156 Å². The number of nitrogens with zero attached hydrogens (tertiary/aromatic N) is 4. The van der Waals surface area contributed by atoms with E-state index in [9.17, 15) is 0 Å². The Bertz CT molecular complexity index is 3370. The van der Waals surface area contributed by atoms with Crippen LogP contribution in [0.2, 0.25) is 0 Å². The molecule has 0 unspecified atom stereocenters. The van der Waals surface area contributed by atoms with E-state index in [-0.39, 0.29) is 10.8 Å². The van der Waals surface area contributed by atoms with Gasteiger partial charge in [0.15, 0.2) is 0 Å². The number of anilines is 4. The summed E-state index contributed by atoms with van der Waals surface area (Å²) in [7, 11) is 0. The average Bonchev–Trinajstić information content (AvgIpc) is 3.98. The van der Waals surface area contributed by atoms with Crippen LogP contribution in [0.15, 0.2) is 134 Å². The van der Waals surface area contributed by atoms with Gasteiger partial charge in [-0.2, -0.15) is 0 Å². The van der Waals surface area contributed by atoms with E-state index < -0.39 is 0 Å². The van der Waals surface area contributed by atoms with E-state index in [0.29, 0.717) is 6.67 Å². The summed E-state index contributed by atoms with van der Waals surface area (Å²) in [6.45, 7) is 18.9. The van der Waals surface area contributed by atoms with Crippen LogP contribution in [0.1, 0.15) is 63.8 Å². The summed E-state index contributed by atoms with van der Waals surface area (Å²) in [6.07, 6.45) is 1.95. The first-order valence-electron chi connectivity index (χ1n) is 21.1. The third-order valence-corrected chi connectivity index (χ3v) is 14.7. The Hall–Kier alpha value is -6.15. The highest BCUT2D eigenvalue weighted by Crippen LogP contribution is 2.55. The van der Waals surface area contributed by atoms with E-state index >= 15 is 0 Å². The van der Waals surface area contributed by atoms with Crippen LogP contribution in [0, 0.1) is 13.8 Å². The minimum atomic E-state index is -0.0301. The Morgan fingerprint density at radius 1 is 0.557 bits per heavy atom. The van der Waals surface area contributed by atoms with Crippen LogP contribution < -0.4 is 14.5 Å². The second-order valence-electron chi connectivity index (χ2n) is 18.7. The molecule has 0 amide bonds. The van der Waals surface area contributed by atoms with Crippen molar-refractivity contribution >= 4 is 96.8 Å². The molecule has 61 heavy (non-hydrogen) atoms. The van der Waals surface area contributed by atoms with Crippen molar-refractivity contribution in [3.8, 4) is 17.3 Å².